The first-order valence-corrected chi connectivity index (χ1v) is 6.90. The largest absolute Gasteiger partial charge is 0.299 e. The second-order valence-electron chi connectivity index (χ2n) is 5.36. The fourth-order valence-corrected chi connectivity index (χ4v) is 2.92. The molecule has 98 valence electrons. The number of benzene rings is 1. The molecule has 0 aromatic heterocycles. The van der Waals surface area contributed by atoms with Gasteiger partial charge in [0.2, 0.25) is 0 Å². The molecule has 1 aromatic carbocycles. The Morgan fingerprint density at radius 3 is 2.89 bits per heavy atom. The van der Waals surface area contributed by atoms with Gasteiger partial charge in [0.15, 0.2) is 0 Å². The highest BCUT2D eigenvalue weighted by molar-refractivity contribution is 6.30. The molecule has 2 unspecified atom stereocenters. The van der Waals surface area contributed by atoms with Gasteiger partial charge < -0.3 is 0 Å². The number of halogens is 2. The van der Waals surface area contributed by atoms with E-state index in [1.807, 2.05) is 0 Å². The maximum Gasteiger partial charge on any atom is 0.141 e. The quantitative estimate of drug-likeness (QED) is 0.793. The maximum atomic E-state index is 13.0. The van der Waals surface area contributed by atoms with E-state index in [-0.39, 0.29) is 16.7 Å². The number of ketones is 1. The first kappa shape index (κ1) is 13.5. The second-order valence-corrected chi connectivity index (χ2v) is 5.77. The minimum absolute atomic E-state index is 0.0947. The molecule has 0 saturated heterocycles. The molecule has 1 aliphatic carbocycles. The molecular weight excluding hydrogens is 251 g/mol. The third-order valence-corrected chi connectivity index (χ3v) is 4.04. The van der Waals surface area contributed by atoms with E-state index < -0.39 is 5.82 Å². The fraction of sp³-hybridized carbons (Fsp3) is 0.533. The molecule has 0 N–H and O–H groups in total. The van der Waals surface area contributed by atoms with Gasteiger partial charge >= 0.3 is 0 Å². The molecule has 2 rings (SSSR count). The van der Waals surface area contributed by atoms with E-state index in [1.54, 1.807) is 12.1 Å². The summed E-state index contributed by atoms with van der Waals surface area (Å²) in [6.45, 7) is 2.20. The predicted octanol–water partition coefficient (Wildman–Crippen LogP) is 4.42. The first-order valence-electron chi connectivity index (χ1n) is 6.53. The van der Waals surface area contributed by atoms with Crippen LogP contribution in [0.5, 0.6) is 0 Å². The van der Waals surface area contributed by atoms with Crippen molar-refractivity contribution in [3.05, 3.63) is 34.6 Å². The van der Waals surface area contributed by atoms with Gasteiger partial charge in [0.1, 0.15) is 11.6 Å². The zero-order chi connectivity index (χ0) is 13.1. The summed E-state index contributed by atoms with van der Waals surface area (Å²) in [5.74, 6) is 0.658. The Morgan fingerprint density at radius 2 is 2.22 bits per heavy atom. The third-order valence-electron chi connectivity index (χ3n) is 3.75. The molecular formula is C15H18ClFO. The lowest BCUT2D eigenvalue weighted by Crippen LogP contribution is -2.23. The van der Waals surface area contributed by atoms with Crippen LogP contribution in [0.3, 0.4) is 0 Å². The van der Waals surface area contributed by atoms with Gasteiger partial charge in [-0.25, -0.2) is 4.39 Å². The van der Waals surface area contributed by atoms with Crippen LogP contribution in [0.2, 0.25) is 5.02 Å². The van der Waals surface area contributed by atoms with E-state index in [2.05, 4.69) is 6.92 Å². The lowest BCUT2D eigenvalue weighted by molar-refractivity contribution is -0.123. The summed E-state index contributed by atoms with van der Waals surface area (Å²) in [6, 6.07) is 4.53. The van der Waals surface area contributed by atoms with Crippen LogP contribution >= 0.6 is 11.6 Å². The molecule has 1 aromatic rings. The van der Waals surface area contributed by atoms with Crippen LogP contribution in [0.1, 0.15) is 38.2 Å². The van der Waals surface area contributed by atoms with Crippen LogP contribution in [-0.4, -0.2) is 5.78 Å². The van der Waals surface area contributed by atoms with Crippen LogP contribution in [0.4, 0.5) is 4.39 Å². The highest BCUT2D eigenvalue weighted by atomic mass is 35.5. The molecule has 18 heavy (non-hydrogen) atoms. The Bertz CT molecular complexity index is 444. The number of carbonyl (C=O) groups excluding carboxylic acids is 1. The predicted molar refractivity (Wildman–Crippen MR) is 71.2 cm³/mol. The normalized spacial score (nSPS) is 23.9. The van der Waals surface area contributed by atoms with Crippen molar-refractivity contribution in [3.63, 3.8) is 0 Å². The van der Waals surface area contributed by atoms with Crippen molar-refractivity contribution in [1.29, 1.82) is 0 Å². The molecule has 1 fully saturated rings. The van der Waals surface area contributed by atoms with Gasteiger partial charge in [-0.1, -0.05) is 37.4 Å². The highest BCUT2D eigenvalue weighted by Gasteiger charge is 2.24. The van der Waals surface area contributed by atoms with Crippen molar-refractivity contribution in [2.75, 3.05) is 0 Å². The number of Topliss-reactive ketones (excluding diaryl/α,β-unsaturated/α-hetero) is 1. The van der Waals surface area contributed by atoms with Gasteiger partial charge in [0.05, 0.1) is 5.02 Å². The summed E-state index contributed by atoms with van der Waals surface area (Å²) in [7, 11) is 0. The molecule has 1 saturated carbocycles. The van der Waals surface area contributed by atoms with Crippen molar-refractivity contribution < 1.29 is 9.18 Å². The number of hydrogen-bond donors (Lipinski definition) is 0. The van der Waals surface area contributed by atoms with Gasteiger partial charge in [0, 0.05) is 12.3 Å². The molecule has 0 heterocycles. The first-order chi connectivity index (χ1) is 8.56. The van der Waals surface area contributed by atoms with E-state index in [0.29, 0.717) is 12.3 Å². The van der Waals surface area contributed by atoms with E-state index >= 15 is 0 Å². The zero-order valence-electron chi connectivity index (χ0n) is 10.6. The van der Waals surface area contributed by atoms with Gasteiger partial charge in [-0.2, -0.15) is 0 Å². The third kappa shape index (κ3) is 3.32. The number of hydrogen-bond acceptors (Lipinski definition) is 1. The average molecular weight is 269 g/mol. The number of rotatable bonds is 3. The van der Waals surface area contributed by atoms with Crippen molar-refractivity contribution in [2.24, 2.45) is 11.8 Å². The molecule has 1 aliphatic rings. The summed E-state index contributed by atoms with van der Waals surface area (Å²) >= 11 is 5.72. The van der Waals surface area contributed by atoms with Gasteiger partial charge in [-0.05, 0) is 36.5 Å². The number of carbonyl (C=O) groups is 1. The van der Waals surface area contributed by atoms with Crippen molar-refractivity contribution in [2.45, 2.75) is 39.0 Å². The Kier molecular flexibility index (Phi) is 4.39. The molecule has 1 nitrogen and oxygen atoms in total. The Morgan fingerprint density at radius 1 is 1.44 bits per heavy atom. The Hall–Kier alpha value is -0.890. The molecule has 3 heteroatoms. The topological polar surface area (TPSA) is 17.1 Å². The minimum Gasteiger partial charge on any atom is -0.299 e. The summed E-state index contributed by atoms with van der Waals surface area (Å²) in [4.78, 5) is 12.2. The van der Waals surface area contributed by atoms with Crippen molar-refractivity contribution >= 4 is 17.4 Å². The van der Waals surface area contributed by atoms with Crippen LogP contribution < -0.4 is 0 Å². The lowest BCUT2D eigenvalue weighted by atomic mass is 9.79. The van der Waals surface area contributed by atoms with Crippen molar-refractivity contribution in [3.8, 4) is 0 Å². The van der Waals surface area contributed by atoms with Crippen LogP contribution in [0.25, 0.3) is 0 Å². The summed E-state index contributed by atoms with van der Waals surface area (Å²) in [5, 5.41) is 0.0947. The summed E-state index contributed by atoms with van der Waals surface area (Å²) in [5.41, 5.74) is 0.810. The molecule has 0 radical (unpaired) electrons. The summed E-state index contributed by atoms with van der Waals surface area (Å²) < 4.78 is 13.0. The van der Waals surface area contributed by atoms with Gasteiger partial charge in [-0.3, -0.25) is 4.79 Å². The van der Waals surface area contributed by atoms with E-state index in [1.165, 1.54) is 12.5 Å². The molecule has 0 spiro atoms. The van der Waals surface area contributed by atoms with E-state index in [4.69, 9.17) is 11.6 Å². The molecule has 0 bridgehead atoms. The summed E-state index contributed by atoms with van der Waals surface area (Å²) in [6.07, 6.45) is 4.73. The minimum atomic E-state index is -0.431. The Balaban J connectivity index is 2.00. The Labute approximate surface area is 112 Å². The lowest BCUT2D eigenvalue weighted by Gasteiger charge is -2.25. The van der Waals surface area contributed by atoms with E-state index in [9.17, 15) is 9.18 Å². The molecule has 0 aliphatic heterocycles. The van der Waals surface area contributed by atoms with Crippen LogP contribution in [0, 0.1) is 17.7 Å². The van der Waals surface area contributed by atoms with E-state index in [0.717, 1.165) is 24.8 Å². The van der Waals surface area contributed by atoms with Gasteiger partial charge in [-0.15, -0.1) is 0 Å². The van der Waals surface area contributed by atoms with Crippen molar-refractivity contribution in [1.82, 2.24) is 0 Å². The van der Waals surface area contributed by atoms with Crippen LogP contribution in [-0.2, 0) is 11.2 Å². The fourth-order valence-electron chi connectivity index (χ4n) is 2.72. The SMILES string of the molecule is CC1CCCC(C(=O)Cc2ccc(F)c(Cl)c2)C1. The van der Waals surface area contributed by atoms with Gasteiger partial charge in [0.25, 0.3) is 0 Å². The standard InChI is InChI=1S/C15H18ClFO/c1-10-3-2-4-12(7-10)15(18)9-11-5-6-14(17)13(16)8-11/h5-6,8,10,12H,2-4,7,9H2,1H3. The zero-order valence-corrected chi connectivity index (χ0v) is 11.3. The smallest absolute Gasteiger partial charge is 0.141 e. The maximum absolute atomic E-state index is 13.0. The second kappa shape index (κ2) is 5.83. The molecule has 0 amide bonds. The molecule has 2 atom stereocenters. The van der Waals surface area contributed by atoms with Crippen LogP contribution in [0.15, 0.2) is 18.2 Å². The highest BCUT2D eigenvalue weighted by Crippen LogP contribution is 2.30. The monoisotopic (exact) mass is 268 g/mol. The average Bonchev–Trinajstić information content (AvgIpc) is 2.34.